The number of aromatic nitrogens is 2. The normalized spacial score (nSPS) is 11.6. The Hall–Kier alpha value is -6.49. The van der Waals surface area contributed by atoms with Crippen LogP contribution < -0.4 is 25.9 Å². The van der Waals surface area contributed by atoms with Crippen LogP contribution in [0.2, 0.25) is 0 Å². The number of nitrogens with zero attached hydrogens (tertiary/aromatic N) is 2. The molecule has 9 aromatic rings. The summed E-state index contributed by atoms with van der Waals surface area (Å²) in [6.45, 7) is -0.219. The Morgan fingerprint density at radius 3 is 1.91 bits per heavy atom. The van der Waals surface area contributed by atoms with Gasteiger partial charge in [-0.15, -0.1) is 47.5 Å². The molecular weight excluding hydrogens is 858 g/mol. The van der Waals surface area contributed by atoms with Crippen LogP contribution in [0, 0.1) is 12.1 Å². The molecule has 1 aliphatic heterocycles. The number of pyridine rings is 2. The minimum absolute atomic E-state index is 0. The molecule has 0 atom stereocenters. The van der Waals surface area contributed by atoms with Crippen molar-refractivity contribution < 1.29 is 35.0 Å². The summed E-state index contributed by atoms with van der Waals surface area (Å²) < 4.78 is 19.5. The van der Waals surface area contributed by atoms with Crippen LogP contribution in [0.1, 0.15) is 0 Å². The summed E-state index contributed by atoms with van der Waals surface area (Å²) in [4.78, 5) is 9.35. The fourth-order valence-corrected chi connectivity index (χ4v) is 7.33. The Kier molecular flexibility index (Phi) is 9.19. The van der Waals surface area contributed by atoms with E-state index in [0.29, 0.717) is 28.9 Å². The van der Waals surface area contributed by atoms with Crippen molar-refractivity contribution in [2.75, 3.05) is 0 Å². The average molecular weight is 888 g/mol. The molecule has 7 heteroatoms. The van der Waals surface area contributed by atoms with Crippen molar-refractivity contribution in [2.45, 2.75) is 0 Å². The third-order valence-electron chi connectivity index (χ3n) is 9.78. The molecule has 262 valence electrons. The van der Waals surface area contributed by atoms with Gasteiger partial charge in [-0.2, -0.15) is 0 Å². The molecule has 1 aliphatic rings. The molecule has 4 heterocycles. The molecule has 0 amide bonds. The molecule has 10 rings (SSSR count). The van der Waals surface area contributed by atoms with Gasteiger partial charge in [-0.25, -0.2) is 0 Å². The number of furan rings is 1. The van der Waals surface area contributed by atoms with Crippen molar-refractivity contribution in [1.82, 2.24) is 9.97 Å². The second-order valence-electron chi connectivity index (χ2n) is 13.2. The van der Waals surface area contributed by atoms with E-state index in [-0.39, 0.29) is 27.8 Å². The maximum atomic E-state index is 6.75. The Labute approximate surface area is 333 Å². The topological polar surface area (TPSA) is 57.4 Å². The van der Waals surface area contributed by atoms with Gasteiger partial charge in [-0.05, 0) is 57.7 Å². The minimum atomic E-state index is -0.219. The van der Waals surface area contributed by atoms with Crippen LogP contribution in [0.5, 0.6) is 23.2 Å². The van der Waals surface area contributed by atoms with Gasteiger partial charge >= 0.3 is 21.1 Å². The van der Waals surface area contributed by atoms with Gasteiger partial charge in [0.15, 0.2) is 0 Å². The van der Waals surface area contributed by atoms with E-state index in [1.807, 2.05) is 91.1 Å². The van der Waals surface area contributed by atoms with Gasteiger partial charge < -0.3 is 23.9 Å². The number of hydrogen-bond acceptors (Lipinski definition) is 5. The van der Waals surface area contributed by atoms with Crippen molar-refractivity contribution in [3.8, 4) is 68.0 Å². The van der Waals surface area contributed by atoms with Crippen LogP contribution in [0.4, 0.5) is 0 Å². The van der Waals surface area contributed by atoms with Crippen molar-refractivity contribution >= 4 is 34.1 Å². The average Bonchev–Trinajstić information content (AvgIpc) is 3.61. The van der Waals surface area contributed by atoms with E-state index in [9.17, 15) is 0 Å². The number of para-hydroxylation sites is 1. The first-order chi connectivity index (χ1) is 26.7. The summed E-state index contributed by atoms with van der Waals surface area (Å²) in [6.07, 6.45) is 3.62. The maximum Gasteiger partial charge on any atom is 2.00 e. The molecule has 3 aromatic heterocycles. The Morgan fingerprint density at radius 1 is 0.545 bits per heavy atom. The van der Waals surface area contributed by atoms with Crippen LogP contribution in [0.3, 0.4) is 0 Å². The van der Waals surface area contributed by atoms with E-state index < -0.39 is 0 Å². The van der Waals surface area contributed by atoms with Crippen LogP contribution in [-0.4, -0.2) is 16.7 Å². The van der Waals surface area contributed by atoms with Gasteiger partial charge in [0.05, 0.1) is 0 Å². The Bertz CT molecular complexity index is 2730. The van der Waals surface area contributed by atoms with Gasteiger partial charge in [-0.1, -0.05) is 121 Å². The fourth-order valence-electron chi connectivity index (χ4n) is 7.33. The SMILES string of the molecule is [Pt+2].[c-]1c(Oc2[c-]c(-c3nccc4c3Oc3oc5ccccc5c3B4c3cc(-c4ccccc4)cc(-c4ccccc4)c3)ccc2)cccc1-c1ccccn1. The van der Waals surface area contributed by atoms with Crippen molar-refractivity contribution in [3.05, 3.63) is 188 Å². The third-order valence-corrected chi connectivity index (χ3v) is 9.78. The van der Waals surface area contributed by atoms with E-state index >= 15 is 0 Å². The van der Waals surface area contributed by atoms with Crippen LogP contribution in [0.15, 0.2) is 181 Å². The molecule has 0 N–H and O–H groups in total. The van der Waals surface area contributed by atoms with Gasteiger partial charge in [0, 0.05) is 40.4 Å². The first-order valence-electron chi connectivity index (χ1n) is 17.8. The molecule has 6 aromatic carbocycles. The zero-order chi connectivity index (χ0) is 35.8. The summed E-state index contributed by atoms with van der Waals surface area (Å²) in [6, 6.07) is 62.2. The van der Waals surface area contributed by atoms with Crippen LogP contribution in [0.25, 0.3) is 55.7 Å². The van der Waals surface area contributed by atoms with E-state index in [2.05, 4.69) is 96.0 Å². The molecule has 0 unspecified atom stereocenters. The number of benzene rings is 6. The van der Waals surface area contributed by atoms with Crippen LogP contribution in [-0.2, 0) is 21.1 Å². The molecule has 0 saturated carbocycles. The summed E-state index contributed by atoms with van der Waals surface area (Å²) in [5.74, 6) is 2.17. The molecule has 5 nitrogen and oxygen atoms in total. The summed E-state index contributed by atoms with van der Waals surface area (Å²) in [5.41, 5.74) is 11.4. The van der Waals surface area contributed by atoms with Gasteiger partial charge in [0.25, 0.3) is 12.7 Å². The molecule has 0 saturated heterocycles. The van der Waals surface area contributed by atoms with Gasteiger partial charge in [0.2, 0.25) is 0 Å². The summed E-state index contributed by atoms with van der Waals surface area (Å²) >= 11 is 0. The van der Waals surface area contributed by atoms with Gasteiger partial charge in [0.1, 0.15) is 11.3 Å². The zero-order valence-electron chi connectivity index (χ0n) is 29.3. The second-order valence-corrected chi connectivity index (χ2v) is 13.2. The first kappa shape index (κ1) is 34.3. The summed E-state index contributed by atoms with van der Waals surface area (Å²) in [7, 11) is 0. The zero-order valence-corrected chi connectivity index (χ0v) is 31.5. The van der Waals surface area contributed by atoms with E-state index in [0.717, 1.165) is 66.4 Å². The molecule has 55 heavy (non-hydrogen) atoms. The number of hydrogen-bond donors (Lipinski definition) is 0. The Morgan fingerprint density at radius 2 is 1.20 bits per heavy atom. The number of ether oxygens (including phenoxy) is 2. The standard InChI is InChI=1S/C48H29BN2O3.Pt/c1-3-13-32(14-4-1)36-27-37(33-15-5-2-6-16-33)29-38(28-36)49-42-24-26-51-46(47(42)54-48-45(49)41-21-7-8-23-44(41)53-48)35-18-12-20-40(31-35)52-39-19-11-17-34(30-39)43-22-9-10-25-50-43;/h1-29H;/q-2;+2. The minimum Gasteiger partial charge on any atom is -0.497 e. The molecule has 0 radical (unpaired) electrons. The largest absolute Gasteiger partial charge is 2.00 e. The van der Waals surface area contributed by atoms with E-state index in [1.165, 1.54) is 0 Å². The molecule has 0 bridgehead atoms. The maximum absolute atomic E-state index is 6.75. The fraction of sp³-hybridized carbons (Fsp3) is 0. The molecular formula is C48H29BN2O3Pt. The molecule has 0 aliphatic carbocycles. The first-order valence-corrected chi connectivity index (χ1v) is 17.8. The number of fused-ring (bicyclic) bond motifs is 4. The predicted molar refractivity (Wildman–Crippen MR) is 215 cm³/mol. The Balaban J connectivity index is 0.00000397. The van der Waals surface area contributed by atoms with Crippen molar-refractivity contribution in [3.63, 3.8) is 0 Å². The molecule has 0 spiro atoms. The van der Waals surface area contributed by atoms with E-state index in [1.54, 1.807) is 6.20 Å². The van der Waals surface area contributed by atoms with Crippen LogP contribution >= 0.6 is 0 Å². The smallest absolute Gasteiger partial charge is 0.497 e. The monoisotopic (exact) mass is 887 g/mol. The number of rotatable bonds is 7. The third kappa shape index (κ3) is 6.56. The van der Waals surface area contributed by atoms with Gasteiger partial charge in [-0.3, -0.25) is 0 Å². The van der Waals surface area contributed by atoms with Crippen molar-refractivity contribution in [1.29, 1.82) is 0 Å². The quantitative estimate of drug-likeness (QED) is 0.118. The summed E-state index contributed by atoms with van der Waals surface area (Å²) in [5, 5.41) is 1.01. The second kappa shape index (κ2) is 14.7. The van der Waals surface area contributed by atoms with Crippen molar-refractivity contribution in [2.24, 2.45) is 0 Å². The molecule has 0 fully saturated rings. The van der Waals surface area contributed by atoms with E-state index in [4.69, 9.17) is 18.9 Å². The predicted octanol–water partition coefficient (Wildman–Crippen LogP) is 9.90.